The van der Waals surface area contributed by atoms with Crippen LogP contribution < -0.4 is 5.32 Å². The number of hydrogen-bond donors (Lipinski definition) is 2. The van der Waals surface area contributed by atoms with Crippen LogP contribution in [0.2, 0.25) is 0 Å². The van der Waals surface area contributed by atoms with Crippen LogP contribution in [-0.2, 0) is 9.59 Å². The summed E-state index contributed by atoms with van der Waals surface area (Å²) in [5.74, 6) is -5.15. The second-order valence-corrected chi connectivity index (χ2v) is 5.52. The predicted octanol–water partition coefficient (Wildman–Crippen LogP) is 2.63. The summed E-state index contributed by atoms with van der Waals surface area (Å²) < 4.78 is 38.6. The minimum absolute atomic E-state index is 0. The number of halogens is 4. The smallest absolute Gasteiger partial charge is 0.393 e. The van der Waals surface area contributed by atoms with Crippen molar-refractivity contribution in [2.75, 3.05) is 25.0 Å². The Bertz CT molecular complexity index is 569. The maximum atomic E-state index is 12.9. The van der Waals surface area contributed by atoms with Crippen LogP contribution in [0.1, 0.15) is 6.42 Å². The van der Waals surface area contributed by atoms with E-state index in [4.69, 9.17) is 5.11 Å². The number of likely N-dealkylation sites (tertiary alicyclic amines) is 1. The lowest BCUT2D eigenvalue weighted by molar-refractivity contribution is -0.188. The van der Waals surface area contributed by atoms with Crippen molar-refractivity contribution in [2.24, 2.45) is 11.8 Å². The summed E-state index contributed by atoms with van der Waals surface area (Å²) >= 11 is 0. The van der Waals surface area contributed by atoms with Gasteiger partial charge < -0.3 is 15.3 Å². The molecule has 1 saturated heterocycles. The van der Waals surface area contributed by atoms with Crippen LogP contribution in [0.5, 0.6) is 0 Å². The number of benzene rings is 1. The highest BCUT2D eigenvalue weighted by Gasteiger charge is 2.52. The molecular formula is C15H18ClF3N2O3. The van der Waals surface area contributed by atoms with Crippen LogP contribution in [-0.4, -0.2) is 47.7 Å². The van der Waals surface area contributed by atoms with Crippen molar-refractivity contribution >= 4 is 30.0 Å². The van der Waals surface area contributed by atoms with Gasteiger partial charge in [0.15, 0.2) is 0 Å². The monoisotopic (exact) mass is 366 g/mol. The summed E-state index contributed by atoms with van der Waals surface area (Å²) in [6.45, 7) is -0.494. The van der Waals surface area contributed by atoms with Crippen molar-refractivity contribution in [3.63, 3.8) is 0 Å². The number of para-hydroxylation sites is 1. The Balaban J connectivity index is 0.00000288. The molecular weight excluding hydrogens is 349 g/mol. The van der Waals surface area contributed by atoms with Crippen LogP contribution >= 0.6 is 12.4 Å². The molecule has 1 aliphatic heterocycles. The first-order valence-electron chi connectivity index (χ1n) is 7.14. The van der Waals surface area contributed by atoms with Crippen LogP contribution in [0.3, 0.4) is 0 Å². The number of anilines is 1. The van der Waals surface area contributed by atoms with Crippen LogP contribution in [0.4, 0.5) is 18.9 Å². The highest BCUT2D eigenvalue weighted by Crippen LogP contribution is 2.37. The van der Waals surface area contributed by atoms with Gasteiger partial charge in [0, 0.05) is 31.7 Å². The van der Waals surface area contributed by atoms with Gasteiger partial charge in [-0.1, -0.05) is 18.2 Å². The van der Waals surface area contributed by atoms with Crippen molar-refractivity contribution in [1.82, 2.24) is 4.90 Å². The number of alkyl halides is 3. The molecule has 9 heteroatoms. The van der Waals surface area contributed by atoms with Gasteiger partial charge in [-0.2, -0.15) is 13.2 Å². The van der Waals surface area contributed by atoms with E-state index < -0.39 is 24.0 Å². The number of nitrogens with zero attached hydrogens (tertiary/aromatic N) is 1. The zero-order chi connectivity index (χ0) is 17.0. The number of nitrogens with one attached hydrogen (secondary N) is 1. The molecule has 134 valence electrons. The summed E-state index contributed by atoms with van der Waals surface area (Å²) in [5, 5.41) is 11.6. The summed E-state index contributed by atoms with van der Waals surface area (Å²) in [6, 6.07) is 8.70. The zero-order valence-electron chi connectivity index (χ0n) is 12.6. The Morgan fingerprint density at radius 2 is 1.83 bits per heavy atom. The molecule has 2 atom stereocenters. The third-order valence-corrected chi connectivity index (χ3v) is 3.85. The average Bonchev–Trinajstić information content (AvgIpc) is 2.91. The third-order valence-electron chi connectivity index (χ3n) is 3.85. The average molecular weight is 367 g/mol. The van der Waals surface area contributed by atoms with Gasteiger partial charge >= 0.3 is 12.1 Å². The van der Waals surface area contributed by atoms with Gasteiger partial charge in [0.1, 0.15) is 0 Å². The maximum Gasteiger partial charge on any atom is 0.393 e. The SMILES string of the molecule is Cl.O=C(CCN1C[C@@H](C(F)(F)F)[C@H](C(=O)O)C1)Nc1ccccc1. The Hall–Kier alpha value is -1.80. The van der Waals surface area contributed by atoms with E-state index in [0.717, 1.165) is 0 Å². The van der Waals surface area contributed by atoms with E-state index in [9.17, 15) is 22.8 Å². The minimum Gasteiger partial charge on any atom is -0.481 e. The number of carbonyl (C=O) groups excluding carboxylic acids is 1. The van der Waals surface area contributed by atoms with Crippen molar-refractivity contribution in [3.05, 3.63) is 30.3 Å². The summed E-state index contributed by atoms with van der Waals surface area (Å²) in [5.41, 5.74) is 0.607. The van der Waals surface area contributed by atoms with Crippen LogP contribution in [0.25, 0.3) is 0 Å². The molecule has 1 aromatic carbocycles. The molecule has 1 aliphatic rings. The molecule has 5 nitrogen and oxygen atoms in total. The molecule has 2 rings (SSSR count). The van der Waals surface area contributed by atoms with E-state index in [2.05, 4.69) is 5.32 Å². The van der Waals surface area contributed by atoms with E-state index in [-0.39, 0.29) is 44.4 Å². The number of carboxylic acids is 1. The van der Waals surface area contributed by atoms with Gasteiger partial charge in [0.05, 0.1) is 11.8 Å². The lowest BCUT2D eigenvalue weighted by Gasteiger charge is -2.18. The Morgan fingerprint density at radius 3 is 2.33 bits per heavy atom. The highest BCUT2D eigenvalue weighted by molar-refractivity contribution is 5.90. The molecule has 0 radical (unpaired) electrons. The van der Waals surface area contributed by atoms with Gasteiger partial charge in [0.25, 0.3) is 0 Å². The molecule has 0 aliphatic carbocycles. The van der Waals surface area contributed by atoms with E-state index in [0.29, 0.717) is 5.69 Å². The summed E-state index contributed by atoms with van der Waals surface area (Å²) in [7, 11) is 0. The first-order valence-corrected chi connectivity index (χ1v) is 7.14. The van der Waals surface area contributed by atoms with Crippen molar-refractivity contribution in [3.8, 4) is 0 Å². The molecule has 1 fully saturated rings. The van der Waals surface area contributed by atoms with Gasteiger partial charge in [-0.15, -0.1) is 12.4 Å². The third kappa shape index (κ3) is 5.38. The second-order valence-electron chi connectivity index (χ2n) is 5.52. The number of amides is 1. The fraction of sp³-hybridized carbons (Fsp3) is 0.467. The van der Waals surface area contributed by atoms with E-state index in [1.807, 2.05) is 0 Å². The summed E-state index contributed by atoms with van der Waals surface area (Å²) in [4.78, 5) is 24.1. The first kappa shape index (κ1) is 20.2. The molecule has 0 spiro atoms. The molecule has 1 aromatic rings. The molecule has 2 N–H and O–H groups in total. The van der Waals surface area contributed by atoms with E-state index in [1.165, 1.54) is 4.90 Å². The Morgan fingerprint density at radius 1 is 1.21 bits per heavy atom. The second kappa shape index (κ2) is 8.34. The van der Waals surface area contributed by atoms with Crippen molar-refractivity contribution in [1.29, 1.82) is 0 Å². The Labute approximate surface area is 143 Å². The molecule has 0 aromatic heterocycles. The standard InChI is InChI=1S/C15H17F3N2O3.ClH/c16-15(17,18)12-9-20(8-11(12)14(22)23)7-6-13(21)19-10-4-2-1-3-5-10;/h1-5,11-12H,6-9H2,(H,19,21)(H,22,23);1H/t11-,12-;/m1./s1. The largest absolute Gasteiger partial charge is 0.481 e. The van der Waals surface area contributed by atoms with E-state index in [1.54, 1.807) is 30.3 Å². The number of carbonyl (C=O) groups is 2. The lowest BCUT2D eigenvalue weighted by Crippen LogP contribution is -2.33. The number of hydrogen-bond acceptors (Lipinski definition) is 3. The number of rotatable bonds is 5. The normalized spacial score (nSPS) is 21.1. The van der Waals surface area contributed by atoms with Gasteiger partial charge in [-0.3, -0.25) is 9.59 Å². The highest BCUT2D eigenvalue weighted by atomic mass is 35.5. The molecule has 0 unspecified atom stereocenters. The quantitative estimate of drug-likeness (QED) is 0.840. The van der Waals surface area contributed by atoms with Gasteiger partial charge in [0.2, 0.25) is 5.91 Å². The zero-order valence-corrected chi connectivity index (χ0v) is 13.4. The van der Waals surface area contributed by atoms with Gasteiger partial charge in [-0.05, 0) is 12.1 Å². The lowest BCUT2D eigenvalue weighted by atomic mass is 9.96. The van der Waals surface area contributed by atoms with Gasteiger partial charge in [-0.25, -0.2) is 0 Å². The summed E-state index contributed by atoms with van der Waals surface area (Å²) in [6.07, 6.45) is -4.55. The fourth-order valence-corrected chi connectivity index (χ4v) is 2.65. The molecule has 1 amide bonds. The fourth-order valence-electron chi connectivity index (χ4n) is 2.65. The molecule has 24 heavy (non-hydrogen) atoms. The minimum atomic E-state index is -4.55. The number of carboxylic acid groups (broad SMARTS) is 1. The Kier molecular flexibility index (Phi) is 7.04. The first-order chi connectivity index (χ1) is 10.8. The van der Waals surface area contributed by atoms with Crippen LogP contribution in [0, 0.1) is 11.8 Å². The molecule has 0 bridgehead atoms. The maximum absolute atomic E-state index is 12.9. The van der Waals surface area contributed by atoms with Crippen LogP contribution in [0.15, 0.2) is 30.3 Å². The molecule has 0 saturated carbocycles. The predicted molar refractivity (Wildman–Crippen MR) is 84.0 cm³/mol. The number of aliphatic carboxylic acids is 1. The molecule has 1 heterocycles. The van der Waals surface area contributed by atoms with E-state index >= 15 is 0 Å². The van der Waals surface area contributed by atoms with Crippen molar-refractivity contribution in [2.45, 2.75) is 12.6 Å². The topological polar surface area (TPSA) is 69.6 Å². The van der Waals surface area contributed by atoms with Crippen molar-refractivity contribution < 1.29 is 27.9 Å².